The molecule has 0 bridgehead atoms. The summed E-state index contributed by atoms with van der Waals surface area (Å²) in [6, 6.07) is 10.8. The van der Waals surface area contributed by atoms with Gasteiger partial charge in [0.05, 0.1) is 22.3 Å². The maximum absolute atomic E-state index is 12.7. The lowest BCUT2D eigenvalue weighted by atomic mass is 9.90. The average Bonchev–Trinajstić information content (AvgIpc) is 3.05. The Labute approximate surface area is 294 Å². The molecule has 3 amide bonds. The Hall–Kier alpha value is -2.85. The van der Waals surface area contributed by atoms with Gasteiger partial charge in [0.1, 0.15) is 0 Å². The van der Waals surface area contributed by atoms with Gasteiger partial charge in [-0.05, 0) is 87.0 Å². The van der Waals surface area contributed by atoms with E-state index < -0.39 is 0 Å². The number of likely N-dealkylation sites (tertiary alicyclic amines) is 2. The molecule has 2 aromatic rings. The minimum Gasteiger partial charge on any atom is -0.411 e. The summed E-state index contributed by atoms with van der Waals surface area (Å²) >= 11 is 18.0. The molecule has 0 aromatic heterocycles. The Morgan fingerprint density at radius 3 is 2.36 bits per heavy atom. The van der Waals surface area contributed by atoms with Gasteiger partial charge in [0.15, 0.2) is 0 Å². The minimum atomic E-state index is -0.244. The van der Waals surface area contributed by atoms with Crippen molar-refractivity contribution >= 4 is 58.2 Å². The van der Waals surface area contributed by atoms with Crippen molar-refractivity contribution < 1.29 is 19.6 Å². The highest BCUT2D eigenvalue weighted by molar-refractivity contribution is 6.42. The van der Waals surface area contributed by atoms with Gasteiger partial charge in [0, 0.05) is 68.6 Å². The van der Waals surface area contributed by atoms with Gasteiger partial charge in [-0.2, -0.15) is 0 Å². The van der Waals surface area contributed by atoms with Gasteiger partial charge >= 0.3 is 0 Å². The second-order valence-electron chi connectivity index (χ2n) is 12.5. The maximum Gasteiger partial charge on any atom is 0.253 e. The van der Waals surface area contributed by atoms with Crippen LogP contribution in [0.15, 0.2) is 41.6 Å². The van der Waals surface area contributed by atoms with Crippen molar-refractivity contribution in [2.75, 3.05) is 46.8 Å². The molecule has 47 heavy (non-hydrogen) atoms. The molecule has 12 heteroatoms. The Bertz CT molecular complexity index is 1390. The molecule has 2 atom stereocenters. The second-order valence-corrected chi connectivity index (χ2v) is 13.7. The van der Waals surface area contributed by atoms with Gasteiger partial charge in [-0.15, -0.1) is 0 Å². The molecule has 2 fully saturated rings. The Kier molecular flexibility index (Phi) is 15.3. The highest BCUT2D eigenvalue weighted by atomic mass is 35.5. The largest absolute Gasteiger partial charge is 0.411 e. The fourth-order valence-electron chi connectivity index (χ4n) is 6.25. The third kappa shape index (κ3) is 11.1. The summed E-state index contributed by atoms with van der Waals surface area (Å²) in [6.07, 6.45) is 5.60. The Balaban J connectivity index is 0.000000261. The normalized spacial score (nSPS) is 18.3. The van der Waals surface area contributed by atoms with Crippen molar-refractivity contribution in [2.24, 2.45) is 11.1 Å². The van der Waals surface area contributed by atoms with Crippen LogP contribution in [0, 0.1) is 12.8 Å². The summed E-state index contributed by atoms with van der Waals surface area (Å²) in [5.74, 6) is -0.372. The highest BCUT2D eigenvalue weighted by Crippen LogP contribution is 2.28. The van der Waals surface area contributed by atoms with Crippen molar-refractivity contribution in [3.8, 4) is 0 Å². The van der Waals surface area contributed by atoms with Crippen LogP contribution in [-0.4, -0.2) is 96.2 Å². The first kappa shape index (κ1) is 38.6. The summed E-state index contributed by atoms with van der Waals surface area (Å²) in [5, 5.41) is 16.8. The molecule has 2 N–H and O–H groups in total. The molecule has 2 aliphatic rings. The van der Waals surface area contributed by atoms with Crippen LogP contribution in [0.5, 0.6) is 0 Å². The van der Waals surface area contributed by atoms with E-state index in [1.54, 1.807) is 44.4 Å². The molecule has 2 unspecified atom stereocenters. The number of piperidine rings is 2. The van der Waals surface area contributed by atoms with E-state index in [-0.39, 0.29) is 36.1 Å². The summed E-state index contributed by atoms with van der Waals surface area (Å²) < 4.78 is 0. The molecule has 4 rings (SSSR count). The first-order valence-corrected chi connectivity index (χ1v) is 17.4. The molecule has 0 spiro atoms. The van der Waals surface area contributed by atoms with Gasteiger partial charge < -0.3 is 25.2 Å². The second kappa shape index (κ2) is 18.6. The van der Waals surface area contributed by atoms with E-state index in [0.717, 1.165) is 56.4 Å². The predicted octanol–water partition coefficient (Wildman–Crippen LogP) is 6.90. The fraction of sp³-hybridized carbons (Fsp3) is 0.543. The smallest absolute Gasteiger partial charge is 0.253 e. The predicted molar refractivity (Wildman–Crippen MR) is 190 cm³/mol. The lowest BCUT2D eigenvalue weighted by molar-refractivity contribution is -0.144. The molecule has 2 aromatic carbocycles. The van der Waals surface area contributed by atoms with Crippen LogP contribution in [0.2, 0.25) is 15.1 Å². The Morgan fingerprint density at radius 2 is 1.77 bits per heavy atom. The lowest BCUT2D eigenvalue weighted by Gasteiger charge is -2.42. The van der Waals surface area contributed by atoms with Crippen molar-refractivity contribution in [3.63, 3.8) is 0 Å². The third-order valence-electron chi connectivity index (χ3n) is 8.94. The lowest BCUT2D eigenvalue weighted by Crippen LogP contribution is -2.52. The minimum absolute atomic E-state index is 0.0204. The number of hydrogen-bond acceptors (Lipinski definition) is 6. The van der Waals surface area contributed by atoms with Crippen LogP contribution < -0.4 is 5.32 Å². The Morgan fingerprint density at radius 1 is 1.06 bits per heavy atom. The van der Waals surface area contributed by atoms with Gasteiger partial charge in [0.2, 0.25) is 11.8 Å². The van der Waals surface area contributed by atoms with E-state index in [9.17, 15) is 19.6 Å². The molecule has 9 nitrogen and oxygen atoms in total. The van der Waals surface area contributed by atoms with E-state index in [4.69, 9.17) is 34.8 Å². The topological polar surface area (TPSA) is 106 Å². The third-order valence-corrected chi connectivity index (χ3v) is 9.90. The molecule has 0 saturated carbocycles. The zero-order valence-corrected chi connectivity index (χ0v) is 30.3. The van der Waals surface area contributed by atoms with Crippen LogP contribution in [0.25, 0.3) is 0 Å². The van der Waals surface area contributed by atoms with Gasteiger partial charge in [-0.1, -0.05) is 59.9 Å². The standard InChI is InChI=1S/C19H19Cl3N2O2.C16H29N3O2/c1-11-6-14(8-15(20)7-11)19(25)24(3)10-18(23-26)12(2)13-4-5-16(21)17(22)9-13;1-3-8-18-10-6-14(7-11-18)19-9-4-5-13(16(19)21)12-15(20)17-2/h4-9,12,26H,10H2,1-3H3;13-14H,3-12H2,1-2H3,(H,17,20)/b23-18-;. The molecular weight excluding hydrogens is 661 g/mol. The number of oxime groups is 1. The SMILES string of the molecule is CCCN1CCC(N2CCCC(CC(=O)NC)C2=O)CC1.Cc1cc(Cl)cc(C(=O)N(C)C/C(=N/O)C(C)c2ccc(Cl)c(Cl)c2)c1. The zero-order valence-electron chi connectivity index (χ0n) is 28.1. The quantitative estimate of drug-likeness (QED) is 0.159. The van der Waals surface area contributed by atoms with Crippen molar-refractivity contribution in [1.29, 1.82) is 0 Å². The summed E-state index contributed by atoms with van der Waals surface area (Å²) in [4.78, 5) is 42.8. The molecular formula is C35H48Cl3N5O4. The number of benzene rings is 2. The van der Waals surface area contributed by atoms with Crippen LogP contribution in [-0.2, 0) is 9.59 Å². The molecule has 2 saturated heterocycles. The van der Waals surface area contributed by atoms with Crippen molar-refractivity contribution in [3.05, 3.63) is 68.2 Å². The van der Waals surface area contributed by atoms with E-state index in [0.29, 0.717) is 38.8 Å². The number of amides is 3. The summed E-state index contributed by atoms with van der Waals surface area (Å²) in [6.45, 7) is 10.4. The number of rotatable bonds is 10. The molecule has 2 aliphatic heterocycles. The van der Waals surface area contributed by atoms with Crippen LogP contribution in [0.1, 0.15) is 79.8 Å². The number of aryl methyl sites for hydroxylation is 1. The summed E-state index contributed by atoms with van der Waals surface area (Å²) in [7, 11) is 3.28. The molecule has 258 valence electrons. The summed E-state index contributed by atoms with van der Waals surface area (Å²) in [5.41, 5.74) is 2.65. The molecule has 0 radical (unpaired) electrons. The first-order chi connectivity index (χ1) is 22.4. The van der Waals surface area contributed by atoms with E-state index >= 15 is 0 Å². The van der Waals surface area contributed by atoms with E-state index in [1.165, 1.54) is 17.9 Å². The van der Waals surface area contributed by atoms with Crippen LogP contribution in [0.3, 0.4) is 0 Å². The van der Waals surface area contributed by atoms with E-state index in [2.05, 4.69) is 27.2 Å². The molecule has 0 aliphatic carbocycles. The van der Waals surface area contributed by atoms with Crippen molar-refractivity contribution in [1.82, 2.24) is 20.0 Å². The zero-order chi connectivity index (χ0) is 34.7. The van der Waals surface area contributed by atoms with Crippen LogP contribution >= 0.6 is 34.8 Å². The van der Waals surface area contributed by atoms with Crippen LogP contribution in [0.4, 0.5) is 0 Å². The number of carbonyl (C=O) groups excluding carboxylic acids is 3. The number of halogens is 3. The monoisotopic (exact) mass is 707 g/mol. The first-order valence-electron chi connectivity index (χ1n) is 16.3. The highest BCUT2D eigenvalue weighted by Gasteiger charge is 2.35. The number of carbonyl (C=O) groups is 3. The number of hydrogen-bond donors (Lipinski definition) is 2. The average molecular weight is 709 g/mol. The van der Waals surface area contributed by atoms with Gasteiger partial charge in [-0.3, -0.25) is 14.4 Å². The maximum atomic E-state index is 12.7. The fourth-order valence-corrected chi connectivity index (χ4v) is 6.85. The van der Waals surface area contributed by atoms with Gasteiger partial charge in [0.25, 0.3) is 5.91 Å². The van der Waals surface area contributed by atoms with E-state index in [1.807, 2.05) is 19.9 Å². The van der Waals surface area contributed by atoms with Gasteiger partial charge in [-0.25, -0.2) is 0 Å². The number of nitrogens with one attached hydrogen (secondary N) is 1. The number of nitrogens with zero attached hydrogens (tertiary/aromatic N) is 4. The molecule has 2 heterocycles. The van der Waals surface area contributed by atoms with Crippen molar-refractivity contribution in [2.45, 2.75) is 71.3 Å².